The van der Waals surface area contributed by atoms with E-state index in [-0.39, 0.29) is 0 Å². The molecule has 2 nitrogen and oxygen atoms in total. The van der Waals surface area contributed by atoms with Crippen LogP contribution in [0.3, 0.4) is 0 Å². The molecular formula is C43H85N2+. The number of unbranched alkanes of at least 4 members (excludes halogenated alkanes) is 31. The molecule has 1 heterocycles. The first-order chi connectivity index (χ1) is 22.3. The van der Waals surface area contributed by atoms with E-state index >= 15 is 0 Å². The van der Waals surface area contributed by atoms with Crippen LogP contribution in [0.1, 0.15) is 245 Å². The van der Waals surface area contributed by atoms with Crippen LogP contribution in [-0.4, -0.2) is 4.57 Å². The van der Waals surface area contributed by atoms with Gasteiger partial charge in [-0.2, -0.15) is 0 Å². The van der Waals surface area contributed by atoms with Gasteiger partial charge in [-0.1, -0.05) is 207 Å². The van der Waals surface area contributed by atoms with E-state index in [2.05, 4.69) is 42.3 Å². The Kier molecular flexibility index (Phi) is 32.4. The Hall–Kier alpha value is -0.790. The van der Waals surface area contributed by atoms with Crippen LogP contribution in [0.5, 0.6) is 0 Å². The molecule has 0 atom stereocenters. The van der Waals surface area contributed by atoms with E-state index in [9.17, 15) is 0 Å². The van der Waals surface area contributed by atoms with Gasteiger partial charge in [-0.3, -0.25) is 0 Å². The van der Waals surface area contributed by atoms with Crippen LogP contribution in [0, 0.1) is 0 Å². The van der Waals surface area contributed by atoms with Gasteiger partial charge in [0.05, 0.1) is 13.1 Å². The summed E-state index contributed by atoms with van der Waals surface area (Å²) in [6.45, 7) is 9.41. The number of hydrogen-bond donors (Lipinski definition) is 0. The molecule has 1 rings (SSSR count). The summed E-state index contributed by atoms with van der Waals surface area (Å²) in [5, 5.41) is 0. The Morgan fingerprint density at radius 3 is 1.04 bits per heavy atom. The summed E-state index contributed by atoms with van der Waals surface area (Å²) in [7, 11) is 0. The lowest BCUT2D eigenvalue weighted by Gasteiger charge is -2.06. The number of nitrogens with zero attached hydrogens (tertiary/aromatic N) is 2. The minimum atomic E-state index is 1.23. The second-order valence-electron chi connectivity index (χ2n) is 14.8. The molecule has 1 aromatic heterocycles. The van der Waals surface area contributed by atoms with Gasteiger partial charge in [0.15, 0.2) is 0 Å². The Labute approximate surface area is 285 Å². The van der Waals surface area contributed by atoms with Gasteiger partial charge in [-0.25, -0.2) is 9.13 Å². The zero-order valence-electron chi connectivity index (χ0n) is 31.7. The normalized spacial score (nSPS) is 11.6. The second-order valence-corrected chi connectivity index (χ2v) is 14.8. The highest BCUT2D eigenvalue weighted by molar-refractivity contribution is 4.84. The third-order valence-corrected chi connectivity index (χ3v) is 10.3. The molecule has 0 aliphatic rings. The Balaban J connectivity index is 2.01. The van der Waals surface area contributed by atoms with Crippen molar-refractivity contribution in [3.63, 3.8) is 0 Å². The first-order valence-corrected chi connectivity index (χ1v) is 21.4. The molecule has 0 radical (unpaired) electrons. The lowest BCUT2D eigenvalue weighted by atomic mass is 10.0. The highest BCUT2D eigenvalue weighted by atomic mass is 15.1. The van der Waals surface area contributed by atoms with Crippen LogP contribution in [-0.2, 0) is 19.5 Å². The van der Waals surface area contributed by atoms with E-state index in [1.165, 1.54) is 238 Å². The molecule has 0 saturated heterocycles. The molecule has 0 fully saturated rings. The smallest absolute Gasteiger partial charge is 0.234 e. The molecule has 0 aromatic carbocycles. The molecule has 0 bridgehead atoms. The van der Waals surface area contributed by atoms with Crippen LogP contribution < -0.4 is 4.57 Å². The molecule has 45 heavy (non-hydrogen) atoms. The summed E-state index contributed by atoms with van der Waals surface area (Å²) < 4.78 is 5.21. The van der Waals surface area contributed by atoms with Gasteiger partial charge in [-0.05, 0) is 32.1 Å². The fraction of sp³-hybridized carbons (Fsp3) is 0.930. The van der Waals surface area contributed by atoms with Gasteiger partial charge in [0.2, 0.25) is 0 Å². The van der Waals surface area contributed by atoms with Crippen LogP contribution in [0.4, 0.5) is 0 Å². The van der Waals surface area contributed by atoms with E-state index in [1.807, 2.05) is 0 Å². The van der Waals surface area contributed by atoms with E-state index in [4.69, 9.17) is 0 Å². The molecule has 0 N–H and O–H groups in total. The zero-order chi connectivity index (χ0) is 32.3. The van der Waals surface area contributed by atoms with Gasteiger partial charge in [0.25, 0.3) is 5.82 Å². The molecule has 0 aliphatic carbocycles. The van der Waals surface area contributed by atoms with Gasteiger partial charge in [0, 0.05) is 6.42 Å². The van der Waals surface area contributed by atoms with E-state index in [1.54, 1.807) is 5.82 Å². The Morgan fingerprint density at radius 2 is 0.689 bits per heavy atom. The van der Waals surface area contributed by atoms with Crippen molar-refractivity contribution in [2.75, 3.05) is 0 Å². The third kappa shape index (κ3) is 26.9. The molecule has 0 amide bonds. The number of hydrogen-bond acceptors (Lipinski definition) is 0. The largest absolute Gasteiger partial charge is 0.256 e. The van der Waals surface area contributed by atoms with Gasteiger partial charge < -0.3 is 0 Å². The summed E-state index contributed by atoms with van der Waals surface area (Å²) in [4.78, 5) is 0. The van der Waals surface area contributed by atoms with Crippen molar-refractivity contribution in [1.29, 1.82) is 0 Å². The molecule has 266 valence electrons. The third-order valence-electron chi connectivity index (χ3n) is 10.3. The summed E-state index contributed by atoms with van der Waals surface area (Å²) in [6.07, 6.45) is 55.0. The van der Waals surface area contributed by atoms with Crippen molar-refractivity contribution in [3.8, 4) is 0 Å². The fourth-order valence-electron chi connectivity index (χ4n) is 7.19. The second kappa shape index (κ2) is 34.5. The van der Waals surface area contributed by atoms with E-state index in [0.717, 1.165) is 0 Å². The molecule has 1 aromatic rings. The lowest BCUT2D eigenvalue weighted by Crippen LogP contribution is -2.37. The maximum Gasteiger partial charge on any atom is 0.256 e. The van der Waals surface area contributed by atoms with E-state index < -0.39 is 0 Å². The molecule has 0 saturated carbocycles. The number of rotatable bonds is 37. The Morgan fingerprint density at radius 1 is 0.378 bits per heavy atom. The van der Waals surface area contributed by atoms with E-state index in [0.29, 0.717) is 0 Å². The number of aryl methyl sites for hydroxylation is 2. The van der Waals surface area contributed by atoms with Gasteiger partial charge in [-0.15, -0.1) is 0 Å². The van der Waals surface area contributed by atoms with Crippen LogP contribution in [0.2, 0.25) is 0 Å². The quantitative estimate of drug-likeness (QED) is 0.0511. The maximum atomic E-state index is 2.60. The van der Waals surface area contributed by atoms with Crippen molar-refractivity contribution >= 4 is 0 Å². The average molecular weight is 630 g/mol. The van der Waals surface area contributed by atoms with Gasteiger partial charge >= 0.3 is 0 Å². The molecule has 0 aliphatic heterocycles. The van der Waals surface area contributed by atoms with Crippen LogP contribution in [0.25, 0.3) is 0 Å². The van der Waals surface area contributed by atoms with Crippen molar-refractivity contribution < 1.29 is 4.57 Å². The lowest BCUT2D eigenvalue weighted by molar-refractivity contribution is -0.704. The summed E-state index contributed by atoms with van der Waals surface area (Å²) in [5.41, 5.74) is 0. The minimum absolute atomic E-state index is 1.23. The Bertz CT molecular complexity index is 639. The predicted octanol–water partition coefficient (Wildman–Crippen LogP) is 14.6. The standard InChI is InChI=1S/C43H85N2/c1-4-7-10-12-14-16-18-20-22-24-26-28-30-32-34-36-39-44-41-42-45(43(44)38-9-6-3)40-37-35-33-31-29-27-25-23-21-19-17-15-13-11-8-5-2/h41-42H,4-40H2,1-3H3/q+1. The summed E-state index contributed by atoms with van der Waals surface area (Å²) >= 11 is 0. The highest BCUT2D eigenvalue weighted by Gasteiger charge is 2.16. The summed E-state index contributed by atoms with van der Waals surface area (Å²) in [6, 6.07) is 0. The maximum absolute atomic E-state index is 2.60. The van der Waals surface area contributed by atoms with Gasteiger partial charge in [0.1, 0.15) is 12.4 Å². The van der Waals surface area contributed by atoms with Crippen molar-refractivity contribution in [3.05, 3.63) is 18.2 Å². The SMILES string of the molecule is CCCCCCCCCCCCCCCCCCn1cc[n+](CCCCCCCCCCCCCCCCCC)c1CCCC. The summed E-state index contributed by atoms with van der Waals surface area (Å²) in [5.74, 6) is 1.60. The number of aromatic nitrogens is 2. The minimum Gasteiger partial charge on any atom is -0.234 e. The first-order valence-electron chi connectivity index (χ1n) is 21.4. The van der Waals surface area contributed by atoms with Crippen molar-refractivity contribution in [2.24, 2.45) is 0 Å². The fourth-order valence-corrected chi connectivity index (χ4v) is 7.19. The molecular weight excluding hydrogens is 544 g/mol. The number of imidazole rings is 1. The zero-order valence-corrected chi connectivity index (χ0v) is 31.7. The molecule has 2 heteroatoms. The van der Waals surface area contributed by atoms with Crippen LogP contribution in [0.15, 0.2) is 12.4 Å². The topological polar surface area (TPSA) is 8.81 Å². The molecule has 0 spiro atoms. The average Bonchev–Trinajstić information content (AvgIpc) is 3.44. The monoisotopic (exact) mass is 630 g/mol. The molecule has 0 unspecified atom stereocenters. The van der Waals surface area contributed by atoms with Crippen LogP contribution >= 0.6 is 0 Å². The first kappa shape index (κ1) is 42.2. The van der Waals surface area contributed by atoms with Crippen molar-refractivity contribution in [1.82, 2.24) is 4.57 Å². The predicted molar refractivity (Wildman–Crippen MR) is 202 cm³/mol. The van der Waals surface area contributed by atoms with Crippen molar-refractivity contribution in [2.45, 2.75) is 259 Å². The highest BCUT2D eigenvalue weighted by Crippen LogP contribution is 2.16.